The quantitative estimate of drug-likeness (QED) is 0.831. The summed E-state index contributed by atoms with van der Waals surface area (Å²) >= 11 is 4.24. The molecular weight excluding hydrogens is 244 g/mol. The van der Waals surface area contributed by atoms with E-state index in [-0.39, 0.29) is 5.91 Å². The van der Waals surface area contributed by atoms with Crippen molar-refractivity contribution >= 4 is 18.5 Å². The van der Waals surface area contributed by atoms with Gasteiger partial charge in [-0.25, -0.2) is 0 Å². The van der Waals surface area contributed by atoms with Crippen LogP contribution in [0.1, 0.15) is 21.6 Å². The van der Waals surface area contributed by atoms with Gasteiger partial charge >= 0.3 is 0 Å². The molecule has 1 aromatic carbocycles. The van der Waals surface area contributed by atoms with Crippen molar-refractivity contribution in [3.8, 4) is 0 Å². The highest BCUT2D eigenvalue weighted by Crippen LogP contribution is 2.13. The van der Waals surface area contributed by atoms with Crippen molar-refractivity contribution in [3.05, 3.63) is 59.4 Å². The highest BCUT2D eigenvalue weighted by Gasteiger charge is 2.08. The molecule has 3 nitrogen and oxygen atoms in total. The Hall–Kier alpha value is -1.81. The van der Waals surface area contributed by atoms with Gasteiger partial charge in [0, 0.05) is 16.7 Å². The summed E-state index contributed by atoms with van der Waals surface area (Å²) in [5.74, 6) is -0.103. The molecule has 1 amide bonds. The first-order valence-electron chi connectivity index (χ1n) is 5.64. The fraction of sp³-hybridized carbons (Fsp3) is 0.143. The lowest BCUT2D eigenvalue weighted by atomic mass is 10.1. The standard InChI is InChI=1S/C14H14N2OS/c1-10-5-6-12(18)8-13(10)14(17)16-9-11-4-2-3-7-15-11/h2-8,18H,9H2,1H3,(H,16,17). The van der Waals surface area contributed by atoms with E-state index >= 15 is 0 Å². The fourth-order valence-electron chi connectivity index (χ4n) is 1.62. The molecular formula is C14H14N2OS. The monoisotopic (exact) mass is 258 g/mol. The number of carbonyl (C=O) groups is 1. The minimum atomic E-state index is -0.103. The second-order valence-electron chi connectivity index (χ2n) is 4.00. The molecule has 0 radical (unpaired) electrons. The van der Waals surface area contributed by atoms with Gasteiger partial charge in [-0.1, -0.05) is 12.1 Å². The molecule has 0 fully saturated rings. The molecule has 0 aliphatic rings. The SMILES string of the molecule is Cc1ccc(S)cc1C(=O)NCc1ccccn1. The maximum Gasteiger partial charge on any atom is 0.251 e. The number of benzene rings is 1. The lowest BCUT2D eigenvalue weighted by Crippen LogP contribution is -2.24. The number of thiol groups is 1. The number of hydrogen-bond donors (Lipinski definition) is 2. The normalized spacial score (nSPS) is 10.1. The Balaban J connectivity index is 2.06. The first-order chi connectivity index (χ1) is 8.66. The minimum Gasteiger partial charge on any atom is -0.346 e. The largest absolute Gasteiger partial charge is 0.346 e. The van der Waals surface area contributed by atoms with E-state index in [1.807, 2.05) is 37.3 Å². The van der Waals surface area contributed by atoms with Gasteiger partial charge in [0.1, 0.15) is 0 Å². The number of aryl methyl sites for hydroxylation is 1. The Kier molecular flexibility index (Phi) is 3.99. The van der Waals surface area contributed by atoms with E-state index in [0.717, 1.165) is 16.2 Å². The van der Waals surface area contributed by atoms with Crippen LogP contribution in [0.4, 0.5) is 0 Å². The zero-order valence-corrected chi connectivity index (χ0v) is 10.9. The van der Waals surface area contributed by atoms with Crippen molar-refractivity contribution in [3.63, 3.8) is 0 Å². The zero-order valence-electron chi connectivity index (χ0n) is 10.1. The molecule has 0 spiro atoms. The Bertz CT molecular complexity index is 555. The Morgan fingerprint density at radius 1 is 1.33 bits per heavy atom. The predicted octanol–water partition coefficient (Wildman–Crippen LogP) is 2.61. The van der Waals surface area contributed by atoms with E-state index in [4.69, 9.17) is 0 Å². The molecule has 0 saturated carbocycles. The van der Waals surface area contributed by atoms with Gasteiger partial charge in [0.15, 0.2) is 0 Å². The summed E-state index contributed by atoms with van der Waals surface area (Å²) in [6.07, 6.45) is 1.71. The average Bonchev–Trinajstić information content (AvgIpc) is 2.40. The molecule has 4 heteroatoms. The first kappa shape index (κ1) is 12.6. The van der Waals surface area contributed by atoms with Crippen LogP contribution in [0.3, 0.4) is 0 Å². The molecule has 92 valence electrons. The molecule has 2 aromatic rings. The summed E-state index contributed by atoms with van der Waals surface area (Å²) < 4.78 is 0. The Labute approximate surface area is 112 Å². The Morgan fingerprint density at radius 3 is 2.89 bits per heavy atom. The van der Waals surface area contributed by atoms with Gasteiger partial charge in [-0.15, -0.1) is 12.6 Å². The molecule has 18 heavy (non-hydrogen) atoms. The zero-order chi connectivity index (χ0) is 13.0. The number of rotatable bonds is 3. The third-order valence-corrected chi connectivity index (χ3v) is 2.90. The van der Waals surface area contributed by atoms with Crippen LogP contribution in [0.2, 0.25) is 0 Å². The van der Waals surface area contributed by atoms with E-state index in [9.17, 15) is 4.79 Å². The number of nitrogens with one attached hydrogen (secondary N) is 1. The summed E-state index contributed by atoms with van der Waals surface area (Å²) in [5, 5.41) is 2.85. The molecule has 1 heterocycles. The molecule has 2 rings (SSSR count). The lowest BCUT2D eigenvalue weighted by Gasteiger charge is -2.08. The summed E-state index contributed by atoms with van der Waals surface area (Å²) in [7, 11) is 0. The number of carbonyl (C=O) groups excluding carboxylic acids is 1. The van der Waals surface area contributed by atoms with Crippen molar-refractivity contribution in [1.29, 1.82) is 0 Å². The van der Waals surface area contributed by atoms with Gasteiger partial charge in [0.25, 0.3) is 5.91 Å². The fourth-order valence-corrected chi connectivity index (χ4v) is 1.83. The van der Waals surface area contributed by atoms with Gasteiger partial charge in [-0.05, 0) is 36.8 Å². The van der Waals surface area contributed by atoms with Gasteiger partial charge in [0.2, 0.25) is 0 Å². The molecule has 1 aromatic heterocycles. The highest BCUT2D eigenvalue weighted by molar-refractivity contribution is 7.80. The van der Waals surface area contributed by atoms with E-state index < -0.39 is 0 Å². The summed E-state index contributed by atoms with van der Waals surface area (Å²) in [6.45, 7) is 2.33. The van der Waals surface area contributed by atoms with E-state index in [1.54, 1.807) is 12.3 Å². The predicted molar refractivity (Wildman–Crippen MR) is 73.8 cm³/mol. The van der Waals surface area contributed by atoms with E-state index in [0.29, 0.717) is 12.1 Å². The average molecular weight is 258 g/mol. The number of aromatic nitrogens is 1. The van der Waals surface area contributed by atoms with Crippen LogP contribution in [0.25, 0.3) is 0 Å². The first-order valence-corrected chi connectivity index (χ1v) is 6.09. The molecule has 0 bridgehead atoms. The molecule has 1 N–H and O–H groups in total. The van der Waals surface area contributed by atoms with Crippen molar-refractivity contribution < 1.29 is 4.79 Å². The maximum absolute atomic E-state index is 12.0. The van der Waals surface area contributed by atoms with Crippen LogP contribution in [0.15, 0.2) is 47.5 Å². The molecule has 0 saturated heterocycles. The van der Waals surface area contributed by atoms with Crippen molar-refractivity contribution in [2.24, 2.45) is 0 Å². The smallest absolute Gasteiger partial charge is 0.251 e. The summed E-state index contributed by atoms with van der Waals surface area (Å²) in [4.78, 5) is 17.0. The van der Waals surface area contributed by atoms with E-state index in [1.165, 1.54) is 0 Å². The van der Waals surface area contributed by atoms with Crippen LogP contribution < -0.4 is 5.32 Å². The molecule has 0 unspecified atom stereocenters. The lowest BCUT2D eigenvalue weighted by molar-refractivity contribution is 0.0949. The summed E-state index contributed by atoms with van der Waals surface area (Å²) in [6, 6.07) is 11.1. The van der Waals surface area contributed by atoms with Crippen molar-refractivity contribution in [2.75, 3.05) is 0 Å². The highest BCUT2D eigenvalue weighted by atomic mass is 32.1. The Morgan fingerprint density at radius 2 is 2.17 bits per heavy atom. The minimum absolute atomic E-state index is 0.103. The molecule has 0 aliphatic heterocycles. The number of hydrogen-bond acceptors (Lipinski definition) is 3. The summed E-state index contributed by atoms with van der Waals surface area (Å²) in [5.41, 5.74) is 2.43. The van der Waals surface area contributed by atoms with Gasteiger partial charge < -0.3 is 5.32 Å². The van der Waals surface area contributed by atoms with E-state index in [2.05, 4.69) is 22.9 Å². The third kappa shape index (κ3) is 3.11. The van der Waals surface area contributed by atoms with Crippen molar-refractivity contribution in [1.82, 2.24) is 10.3 Å². The van der Waals surface area contributed by atoms with Crippen molar-refractivity contribution in [2.45, 2.75) is 18.4 Å². The van der Waals surface area contributed by atoms with Gasteiger partial charge in [-0.2, -0.15) is 0 Å². The second kappa shape index (κ2) is 5.69. The van der Waals surface area contributed by atoms with Crippen LogP contribution in [0.5, 0.6) is 0 Å². The topological polar surface area (TPSA) is 42.0 Å². The van der Waals surface area contributed by atoms with Gasteiger partial charge in [-0.3, -0.25) is 9.78 Å². The number of amides is 1. The molecule has 0 aliphatic carbocycles. The molecule has 0 atom stereocenters. The van der Waals surface area contributed by atoms with Gasteiger partial charge in [0.05, 0.1) is 12.2 Å². The third-order valence-electron chi connectivity index (χ3n) is 2.62. The van der Waals surface area contributed by atoms with Crippen LogP contribution >= 0.6 is 12.6 Å². The van der Waals surface area contributed by atoms with Crippen LogP contribution in [-0.2, 0) is 6.54 Å². The number of nitrogens with zero attached hydrogens (tertiary/aromatic N) is 1. The number of pyridine rings is 1. The van der Waals surface area contributed by atoms with Crippen LogP contribution in [-0.4, -0.2) is 10.9 Å². The second-order valence-corrected chi connectivity index (χ2v) is 4.52. The maximum atomic E-state index is 12.0. The van der Waals surface area contributed by atoms with Crippen LogP contribution in [0, 0.1) is 6.92 Å².